The van der Waals surface area contributed by atoms with Crippen LogP contribution in [0.3, 0.4) is 0 Å². The Morgan fingerprint density at radius 3 is 2.31 bits per heavy atom. The van der Waals surface area contributed by atoms with Gasteiger partial charge in [-0.3, -0.25) is 0 Å². The molecule has 1 rings (SSSR count). The van der Waals surface area contributed by atoms with Gasteiger partial charge in [0.05, 0.1) is 13.2 Å². The highest BCUT2D eigenvalue weighted by molar-refractivity contribution is 5.85. The van der Waals surface area contributed by atoms with Crippen LogP contribution in [0.1, 0.15) is 5.56 Å². The Balaban J connectivity index is 0.00000225. The minimum Gasteiger partial charge on any atom is -0.491 e. The van der Waals surface area contributed by atoms with Crippen LogP contribution in [0.15, 0.2) is 24.3 Å². The van der Waals surface area contributed by atoms with E-state index in [-0.39, 0.29) is 25.6 Å². The summed E-state index contributed by atoms with van der Waals surface area (Å²) in [7, 11) is 0. The summed E-state index contributed by atoms with van der Waals surface area (Å²) in [6, 6.07) is 7.64. The second-order valence-corrected chi connectivity index (χ2v) is 3.12. The summed E-state index contributed by atoms with van der Waals surface area (Å²) in [4.78, 5) is 0. The predicted octanol–water partition coefficient (Wildman–Crippen LogP) is 0.561. The lowest BCUT2D eigenvalue weighted by Crippen LogP contribution is -2.17. The van der Waals surface area contributed by atoms with Gasteiger partial charge < -0.3 is 20.3 Å². The smallest absolute Gasteiger partial charge is 0.119 e. The molecule has 0 unspecified atom stereocenters. The SMILES string of the molecule is Cl.OCCNCc1ccc(OCCO)cc1. The zero-order valence-corrected chi connectivity index (χ0v) is 9.87. The number of ether oxygens (including phenoxy) is 1. The average Bonchev–Trinajstić information content (AvgIpc) is 2.28. The summed E-state index contributed by atoms with van der Waals surface area (Å²) < 4.78 is 5.23. The molecule has 16 heavy (non-hydrogen) atoms. The van der Waals surface area contributed by atoms with Gasteiger partial charge in [0.1, 0.15) is 12.4 Å². The molecule has 4 nitrogen and oxygen atoms in total. The van der Waals surface area contributed by atoms with E-state index in [2.05, 4.69) is 5.32 Å². The number of rotatable bonds is 7. The van der Waals surface area contributed by atoms with Crippen molar-refractivity contribution in [2.45, 2.75) is 6.54 Å². The van der Waals surface area contributed by atoms with Crippen LogP contribution in [0.25, 0.3) is 0 Å². The average molecular weight is 248 g/mol. The van der Waals surface area contributed by atoms with Gasteiger partial charge in [0.2, 0.25) is 0 Å². The number of benzene rings is 1. The number of aliphatic hydroxyl groups excluding tert-OH is 2. The minimum atomic E-state index is 0. The molecule has 0 radical (unpaired) electrons. The Labute approximate surface area is 102 Å². The van der Waals surface area contributed by atoms with Crippen LogP contribution in [-0.4, -0.2) is 36.6 Å². The topological polar surface area (TPSA) is 61.7 Å². The highest BCUT2D eigenvalue weighted by Gasteiger charge is 1.94. The third kappa shape index (κ3) is 5.92. The van der Waals surface area contributed by atoms with Gasteiger partial charge in [-0.25, -0.2) is 0 Å². The highest BCUT2D eigenvalue weighted by Crippen LogP contribution is 2.11. The molecule has 0 spiro atoms. The lowest BCUT2D eigenvalue weighted by atomic mass is 10.2. The summed E-state index contributed by atoms with van der Waals surface area (Å²) in [5, 5.41) is 20.2. The van der Waals surface area contributed by atoms with Crippen LogP contribution < -0.4 is 10.1 Å². The van der Waals surface area contributed by atoms with Crippen molar-refractivity contribution in [3.05, 3.63) is 29.8 Å². The molecule has 0 aliphatic heterocycles. The Bertz CT molecular complexity index is 266. The molecule has 0 heterocycles. The fraction of sp³-hybridized carbons (Fsp3) is 0.455. The first-order chi connectivity index (χ1) is 7.36. The quantitative estimate of drug-likeness (QED) is 0.617. The van der Waals surface area contributed by atoms with Crippen molar-refractivity contribution in [3.63, 3.8) is 0 Å². The molecule has 0 aliphatic carbocycles. The van der Waals surface area contributed by atoms with Gasteiger partial charge in [0.15, 0.2) is 0 Å². The van der Waals surface area contributed by atoms with E-state index < -0.39 is 0 Å². The van der Waals surface area contributed by atoms with Crippen LogP contribution in [0.4, 0.5) is 0 Å². The van der Waals surface area contributed by atoms with E-state index in [0.29, 0.717) is 13.2 Å². The standard InChI is InChI=1S/C11H17NO3.ClH/c13-6-5-12-9-10-1-3-11(4-2-10)15-8-7-14;/h1-4,12-14H,5-9H2;1H. The first-order valence-corrected chi connectivity index (χ1v) is 5.01. The van der Waals surface area contributed by atoms with Gasteiger partial charge in [-0.15, -0.1) is 12.4 Å². The first kappa shape index (κ1) is 15.2. The van der Waals surface area contributed by atoms with E-state index in [4.69, 9.17) is 14.9 Å². The summed E-state index contributed by atoms with van der Waals surface area (Å²) in [5.74, 6) is 0.759. The molecule has 0 aromatic heterocycles. The van der Waals surface area contributed by atoms with Crippen LogP contribution in [0.2, 0.25) is 0 Å². The van der Waals surface area contributed by atoms with E-state index in [1.54, 1.807) is 0 Å². The lowest BCUT2D eigenvalue weighted by molar-refractivity contribution is 0.201. The van der Waals surface area contributed by atoms with Gasteiger partial charge in [-0.1, -0.05) is 12.1 Å². The van der Waals surface area contributed by atoms with Crippen LogP contribution in [0.5, 0.6) is 5.75 Å². The number of hydrogen-bond donors (Lipinski definition) is 3. The molecular formula is C11H18ClNO3. The molecule has 92 valence electrons. The van der Waals surface area contributed by atoms with Crippen molar-refractivity contribution in [1.29, 1.82) is 0 Å². The zero-order chi connectivity index (χ0) is 10.9. The van der Waals surface area contributed by atoms with Crippen molar-refractivity contribution < 1.29 is 14.9 Å². The van der Waals surface area contributed by atoms with Gasteiger partial charge in [-0.2, -0.15) is 0 Å². The third-order valence-corrected chi connectivity index (χ3v) is 1.90. The fourth-order valence-corrected chi connectivity index (χ4v) is 1.18. The summed E-state index contributed by atoms with van der Waals surface area (Å²) in [6.45, 7) is 1.84. The predicted molar refractivity (Wildman–Crippen MR) is 65.1 cm³/mol. The molecule has 5 heteroatoms. The normalized spacial score (nSPS) is 9.62. The molecule has 1 aromatic carbocycles. The molecule has 0 aliphatic rings. The molecule has 0 saturated carbocycles. The molecule has 0 atom stereocenters. The molecule has 0 fully saturated rings. The monoisotopic (exact) mass is 247 g/mol. The maximum atomic E-state index is 8.58. The van der Waals surface area contributed by atoms with Crippen molar-refractivity contribution >= 4 is 12.4 Å². The molecule has 0 bridgehead atoms. The van der Waals surface area contributed by atoms with Crippen LogP contribution >= 0.6 is 12.4 Å². The van der Waals surface area contributed by atoms with Gasteiger partial charge in [0, 0.05) is 13.1 Å². The van der Waals surface area contributed by atoms with Gasteiger partial charge >= 0.3 is 0 Å². The maximum Gasteiger partial charge on any atom is 0.119 e. The van der Waals surface area contributed by atoms with E-state index in [1.165, 1.54) is 0 Å². The van der Waals surface area contributed by atoms with E-state index in [0.717, 1.165) is 17.9 Å². The summed E-state index contributed by atoms with van der Waals surface area (Å²) >= 11 is 0. The van der Waals surface area contributed by atoms with Crippen molar-refractivity contribution in [2.75, 3.05) is 26.4 Å². The molecule has 3 N–H and O–H groups in total. The van der Waals surface area contributed by atoms with Crippen molar-refractivity contribution in [1.82, 2.24) is 5.32 Å². The van der Waals surface area contributed by atoms with Crippen LogP contribution in [0, 0.1) is 0 Å². The van der Waals surface area contributed by atoms with Crippen LogP contribution in [-0.2, 0) is 6.54 Å². The largest absolute Gasteiger partial charge is 0.491 e. The van der Waals surface area contributed by atoms with Crippen molar-refractivity contribution in [3.8, 4) is 5.75 Å². The van der Waals surface area contributed by atoms with E-state index in [1.807, 2.05) is 24.3 Å². The number of nitrogens with one attached hydrogen (secondary N) is 1. The number of hydrogen-bond acceptors (Lipinski definition) is 4. The maximum absolute atomic E-state index is 8.58. The van der Waals surface area contributed by atoms with Gasteiger partial charge in [-0.05, 0) is 17.7 Å². The summed E-state index contributed by atoms with van der Waals surface area (Å²) in [6.07, 6.45) is 0. The number of aliphatic hydroxyl groups is 2. The molecule has 0 saturated heterocycles. The zero-order valence-electron chi connectivity index (χ0n) is 9.06. The van der Waals surface area contributed by atoms with E-state index in [9.17, 15) is 0 Å². The van der Waals surface area contributed by atoms with Gasteiger partial charge in [0.25, 0.3) is 0 Å². The fourth-order valence-electron chi connectivity index (χ4n) is 1.18. The number of halogens is 1. The minimum absolute atomic E-state index is 0. The Hall–Kier alpha value is -0.810. The second kappa shape index (κ2) is 9.42. The Morgan fingerprint density at radius 2 is 1.75 bits per heavy atom. The molecule has 0 amide bonds. The first-order valence-electron chi connectivity index (χ1n) is 5.01. The van der Waals surface area contributed by atoms with Crippen molar-refractivity contribution in [2.24, 2.45) is 0 Å². The molecular weight excluding hydrogens is 230 g/mol. The highest BCUT2D eigenvalue weighted by atomic mass is 35.5. The lowest BCUT2D eigenvalue weighted by Gasteiger charge is -2.06. The Kier molecular flexibility index (Phi) is 8.94. The Morgan fingerprint density at radius 1 is 1.06 bits per heavy atom. The second-order valence-electron chi connectivity index (χ2n) is 3.12. The van der Waals surface area contributed by atoms with E-state index >= 15 is 0 Å². The summed E-state index contributed by atoms with van der Waals surface area (Å²) in [5.41, 5.74) is 1.14. The third-order valence-electron chi connectivity index (χ3n) is 1.90. The molecule has 1 aromatic rings.